The molecule has 1 aliphatic heterocycles. The van der Waals surface area contributed by atoms with E-state index in [0.29, 0.717) is 6.04 Å². The molecule has 0 amide bonds. The molecular formula is C16H25ClN2. The summed E-state index contributed by atoms with van der Waals surface area (Å²) in [5.41, 5.74) is 1.30. The normalized spacial score (nSPS) is 20.9. The largest absolute Gasteiger partial charge is 0.316 e. The van der Waals surface area contributed by atoms with Crippen molar-refractivity contribution in [2.75, 3.05) is 26.7 Å². The van der Waals surface area contributed by atoms with Gasteiger partial charge in [-0.15, -0.1) is 0 Å². The van der Waals surface area contributed by atoms with Gasteiger partial charge in [-0.1, -0.05) is 23.7 Å². The van der Waals surface area contributed by atoms with E-state index in [1.165, 1.54) is 37.9 Å². The minimum absolute atomic E-state index is 0.431. The topological polar surface area (TPSA) is 15.3 Å². The SMILES string of the molecule is CC(c1cccc(Cl)c1)N(C)CCCC1CCNC1. The molecule has 2 nitrogen and oxygen atoms in total. The Hall–Kier alpha value is -0.570. The highest BCUT2D eigenvalue weighted by atomic mass is 35.5. The number of nitrogens with zero attached hydrogens (tertiary/aromatic N) is 1. The molecule has 19 heavy (non-hydrogen) atoms. The minimum atomic E-state index is 0.431. The van der Waals surface area contributed by atoms with Crippen LogP contribution in [0.25, 0.3) is 0 Å². The lowest BCUT2D eigenvalue weighted by Crippen LogP contribution is -2.24. The molecule has 1 aliphatic rings. The molecule has 1 fully saturated rings. The first-order chi connectivity index (χ1) is 9.16. The summed E-state index contributed by atoms with van der Waals surface area (Å²) < 4.78 is 0. The number of rotatable bonds is 6. The lowest BCUT2D eigenvalue weighted by atomic mass is 10.0. The Kier molecular flexibility index (Phi) is 5.68. The molecule has 0 aliphatic carbocycles. The van der Waals surface area contributed by atoms with E-state index >= 15 is 0 Å². The van der Waals surface area contributed by atoms with Crippen molar-refractivity contribution in [1.82, 2.24) is 10.2 Å². The molecule has 0 aromatic heterocycles. The summed E-state index contributed by atoms with van der Waals surface area (Å²) in [6, 6.07) is 8.63. The van der Waals surface area contributed by atoms with Gasteiger partial charge in [0.15, 0.2) is 0 Å². The Bertz CT molecular complexity index is 388. The molecule has 0 saturated carbocycles. The first kappa shape index (κ1) is 14.8. The van der Waals surface area contributed by atoms with E-state index in [9.17, 15) is 0 Å². The molecule has 3 heteroatoms. The molecule has 1 heterocycles. The van der Waals surface area contributed by atoms with Crippen molar-refractivity contribution in [3.05, 3.63) is 34.9 Å². The molecule has 2 unspecified atom stereocenters. The Morgan fingerprint density at radius 3 is 3.00 bits per heavy atom. The van der Waals surface area contributed by atoms with E-state index < -0.39 is 0 Å². The third-order valence-electron chi connectivity index (χ3n) is 4.28. The summed E-state index contributed by atoms with van der Waals surface area (Å²) >= 11 is 6.06. The third-order valence-corrected chi connectivity index (χ3v) is 4.51. The monoisotopic (exact) mass is 280 g/mol. The van der Waals surface area contributed by atoms with Gasteiger partial charge in [0, 0.05) is 11.1 Å². The number of nitrogens with one attached hydrogen (secondary N) is 1. The maximum Gasteiger partial charge on any atom is 0.0409 e. The van der Waals surface area contributed by atoms with Crippen molar-refractivity contribution in [3.8, 4) is 0 Å². The quantitative estimate of drug-likeness (QED) is 0.854. The fourth-order valence-corrected chi connectivity index (χ4v) is 3.00. The predicted octanol–water partition coefficient (Wildman–Crippen LogP) is 3.72. The van der Waals surface area contributed by atoms with Gasteiger partial charge in [0.25, 0.3) is 0 Å². The van der Waals surface area contributed by atoms with Gasteiger partial charge in [-0.2, -0.15) is 0 Å². The number of hydrogen-bond acceptors (Lipinski definition) is 2. The van der Waals surface area contributed by atoms with E-state index in [-0.39, 0.29) is 0 Å². The molecule has 1 aromatic carbocycles. The zero-order valence-electron chi connectivity index (χ0n) is 12.0. The van der Waals surface area contributed by atoms with Crippen molar-refractivity contribution in [2.24, 2.45) is 5.92 Å². The molecule has 1 aromatic rings. The molecule has 2 atom stereocenters. The van der Waals surface area contributed by atoms with Crippen molar-refractivity contribution in [1.29, 1.82) is 0 Å². The fraction of sp³-hybridized carbons (Fsp3) is 0.625. The third kappa shape index (κ3) is 4.48. The minimum Gasteiger partial charge on any atom is -0.316 e. The maximum atomic E-state index is 6.06. The summed E-state index contributed by atoms with van der Waals surface area (Å²) in [4.78, 5) is 2.42. The van der Waals surface area contributed by atoms with Gasteiger partial charge >= 0.3 is 0 Å². The second-order valence-electron chi connectivity index (χ2n) is 5.71. The van der Waals surface area contributed by atoms with Crippen molar-refractivity contribution in [2.45, 2.75) is 32.2 Å². The van der Waals surface area contributed by atoms with Gasteiger partial charge < -0.3 is 5.32 Å². The van der Waals surface area contributed by atoms with Crippen molar-refractivity contribution in [3.63, 3.8) is 0 Å². The summed E-state index contributed by atoms with van der Waals surface area (Å²) in [5.74, 6) is 0.898. The Balaban J connectivity index is 1.76. The van der Waals surface area contributed by atoms with Gasteiger partial charge in [-0.25, -0.2) is 0 Å². The molecule has 0 spiro atoms. The highest BCUT2D eigenvalue weighted by molar-refractivity contribution is 6.30. The molecule has 0 radical (unpaired) electrons. The van der Waals surface area contributed by atoms with E-state index in [0.717, 1.165) is 17.5 Å². The van der Waals surface area contributed by atoms with Crippen LogP contribution < -0.4 is 5.32 Å². The van der Waals surface area contributed by atoms with Crippen LogP contribution in [0.3, 0.4) is 0 Å². The average Bonchev–Trinajstić information content (AvgIpc) is 2.91. The van der Waals surface area contributed by atoms with E-state index in [4.69, 9.17) is 11.6 Å². The standard InChI is InChI=1S/C16H25ClN2/c1-13(15-6-3-7-16(17)11-15)19(2)10-4-5-14-8-9-18-12-14/h3,6-7,11,13-14,18H,4-5,8-10,12H2,1-2H3. The second-order valence-corrected chi connectivity index (χ2v) is 6.15. The Labute approximate surface area is 122 Å². The van der Waals surface area contributed by atoms with Crippen LogP contribution in [0.2, 0.25) is 5.02 Å². The van der Waals surface area contributed by atoms with Crippen LogP contribution in [-0.2, 0) is 0 Å². The Morgan fingerprint density at radius 1 is 1.47 bits per heavy atom. The van der Waals surface area contributed by atoms with Gasteiger partial charge in [0.1, 0.15) is 0 Å². The maximum absolute atomic E-state index is 6.06. The summed E-state index contributed by atoms with van der Waals surface area (Å²) in [7, 11) is 2.21. The molecule has 1 saturated heterocycles. The van der Waals surface area contributed by atoms with Crippen LogP contribution in [-0.4, -0.2) is 31.6 Å². The first-order valence-electron chi connectivity index (χ1n) is 7.33. The van der Waals surface area contributed by atoms with Gasteiger partial charge in [-0.05, 0) is 76.5 Å². The van der Waals surface area contributed by atoms with Crippen LogP contribution in [0.1, 0.15) is 37.8 Å². The smallest absolute Gasteiger partial charge is 0.0409 e. The zero-order valence-corrected chi connectivity index (χ0v) is 12.8. The van der Waals surface area contributed by atoms with Crippen LogP contribution in [0.5, 0.6) is 0 Å². The van der Waals surface area contributed by atoms with E-state index in [2.05, 4.69) is 36.3 Å². The molecule has 106 valence electrons. The molecule has 0 bridgehead atoms. The van der Waals surface area contributed by atoms with Crippen LogP contribution in [0, 0.1) is 5.92 Å². The van der Waals surface area contributed by atoms with Crippen molar-refractivity contribution >= 4 is 11.6 Å². The van der Waals surface area contributed by atoms with Gasteiger partial charge in [0.05, 0.1) is 0 Å². The number of benzene rings is 1. The van der Waals surface area contributed by atoms with Gasteiger partial charge in [-0.3, -0.25) is 4.90 Å². The number of halogens is 1. The zero-order chi connectivity index (χ0) is 13.7. The molecular weight excluding hydrogens is 256 g/mol. The average molecular weight is 281 g/mol. The van der Waals surface area contributed by atoms with Crippen LogP contribution >= 0.6 is 11.6 Å². The molecule has 1 N–H and O–H groups in total. The molecule has 2 rings (SSSR count). The first-order valence-corrected chi connectivity index (χ1v) is 7.71. The summed E-state index contributed by atoms with van der Waals surface area (Å²) in [5, 5.41) is 4.27. The van der Waals surface area contributed by atoms with Gasteiger partial charge in [0.2, 0.25) is 0 Å². The summed E-state index contributed by atoms with van der Waals surface area (Å²) in [6.45, 7) is 5.83. The van der Waals surface area contributed by atoms with E-state index in [1.807, 2.05) is 12.1 Å². The van der Waals surface area contributed by atoms with Crippen LogP contribution in [0.4, 0.5) is 0 Å². The van der Waals surface area contributed by atoms with Crippen LogP contribution in [0.15, 0.2) is 24.3 Å². The summed E-state index contributed by atoms with van der Waals surface area (Å²) in [6.07, 6.45) is 3.99. The number of hydrogen-bond donors (Lipinski definition) is 1. The second kappa shape index (κ2) is 7.28. The van der Waals surface area contributed by atoms with Crippen molar-refractivity contribution < 1.29 is 0 Å². The van der Waals surface area contributed by atoms with E-state index in [1.54, 1.807) is 0 Å². The highest BCUT2D eigenvalue weighted by Gasteiger charge is 2.15. The predicted molar refractivity (Wildman–Crippen MR) is 82.7 cm³/mol. The fourth-order valence-electron chi connectivity index (χ4n) is 2.80. The Morgan fingerprint density at radius 2 is 2.32 bits per heavy atom. The lowest BCUT2D eigenvalue weighted by molar-refractivity contribution is 0.250. The lowest BCUT2D eigenvalue weighted by Gasteiger charge is -2.25. The highest BCUT2D eigenvalue weighted by Crippen LogP contribution is 2.23.